The standard InChI is InChI=1S/C22H25ClN8S/c1-13(29-22-19-21(26-11-25-19)27-12-28-22)16-10-17(23)15-4-3-7-24-18(15)20(16)31-8-5-14(6-9-31)30-32-2/h3-4,7,10-14,30H,5-6,8-9H2,1-2H3,(H2,25,26,27,28,29). The SMILES string of the molecule is CSNC1CCN(c2c(C(C)Nc3ncnc4nc[nH]c34)cc(Cl)c3cccnc23)CC1. The van der Waals surface area contributed by atoms with Crippen LogP contribution < -0.4 is 14.9 Å². The van der Waals surface area contributed by atoms with E-state index >= 15 is 0 Å². The van der Waals surface area contributed by atoms with Gasteiger partial charge < -0.3 is 15.2 Å². The van der Waals surface area contributed by atoms with E-state index in [1.807, 2.05) is 18.3 Å². The topological polar surface area (TPSA) is 94.6 Å². The highest BCUT2D eigenvalue weighted by Gasteiger charge is 2.26. The molecule has 1 atom stereocenters. The minimum atomic E-state index is -0.0580. The lowest BCUT2D eigenvalue weighted by Crippen LogP contribution is -2.41. The van der Waals surface area contributed by atoms with Crippen LogP contribution in [0, 0.1) is 0 Å². The molecule has 1 aromatic carbocycles. The zero-order chi connectivity index (χ0) is 22.1. The van der Waals surface area contributed by atoms with Gasteiger partial charge in [-0.1, -0.05) is 23.5 Å². The Kier molecular flexibility index (Phi) is 6.03. The minimum Gasteiger partial charge on any atom is -0.369 e. The largest absolute Gasteiger partial charge is 0.369 e. The molecule has 0 aliphatic carbocycles. The number of fused-ring (bicyclic) bond motifs is 2. The second-order valence-corrected chi connectivity index (χ2v) is 9.02. The van der Waals surface area contributed by atoms with Gasteiger partial charge in [-0.3, -0.25) is 9.71 Å². The van der Waals surface area contributed by atoms with Gasteiger partial charge in [0.2, 0.25) is 0 Å². The van der Waals surface area contributed by atoms with E-state index in [1.165, 1.54) is 6.33 Å². The molecule has 0 spiro atoms. The number of hydrogen-bond acceptors (Lipinski definition) is 8. The maximum Gasteiger partial charge on any atom is 0.182 e. The number of anilines is 2. The van der Waals surface area contributed by atoms with Crippen molar-refractivity contribution in [1.82, 2.24) is 29.6 Å². The first-order valence-electron chi connectivity index (χ1n) is 10.7. The number of H-pyrrole nitrogens is 1. The molecule has 4 aromatic rings. The quantitative estimate of drug-likeness (QED) is 0.354. The summed E-state index contributed by atoms with van der Waals surface area (Å²) in [5.41, 5.74) is 4.60. The summed E-state index contributed by atoms with van der Waals surface area (Å²) in [5.74, 6) is 0.714. The Bertz CT molecular complexity index is 1240. The lowest BCUT2D eigenvalue weighted by atomic mass is 9.98. The van der Waals surface area contributed by atoms with Crippen LogP contribution in [0.25, 0.3) is 22.1 Å². The third-order valence-corrected chi connectivity index (χ3v) is 6.87. The van der Waals surface area contributed by atoms with Crippen LogP contribution in [-0.4, -0.2) is 50.3 Å². The summed E-state index contributed by atoms with van der Waals surface area (Å²) in [6.45, 7) is 4.05. The van der Waals surface area contributed by atoms with Gasteiger partial charge in [0.25, 0.3) is 0 Å². The zero-order valence-electron chi connectivity index (χ0n) is 18.0. The lowest BCUT2D eigenvalue weighted by Gasteiger charge is -2.36. The summed E-state index contributed by atoms with van der Waals surface area (Å²) in [4.78, 5) is 23.2. The summed E-state index contributed by atoms with van der Waals surface area (Å²) < 4.78 is 3.50. The average molecular weight is 469 g/mol. The number of aromatic nitrogens is 5. The molecule has 3 aromatic heterocycles. The number of piperidine rings is 1. The number of nitrogens with one attached hydrogen (secondary N) is 3. The maximum absolute atomic E-state index is 6.72. The van der Waals surface area contributed by atoms with Gasteiger partial charge >= 0.3 is 0 Å². The average Bonchev–Trinajstić information content (AvgIpc) is 3.30. The van der Waals surface area contributed by atoms with Crippen LogP contribution in [0.5, 0.6) is 0 Å². The van der Waals surface area contributed by atoms with Gasteiger partial charge in [0.1, 0.15) is 11.8 Å². The molecule has 4 heterocycles. The Morgan fingerprint density at radius 2 is 2.06 bits per heavy atom. The van der Waals surface area contributed by atoms with Crippen molar-refractivity contribution in [2.75, 3.05) is 29.6 Å². The Morgan fingerprint density at radius 1 is 1.22 bits per heavy atom. The van der Waals surface area contributed by atoms with Gasteiger partial charge in [0, 0.05) is 36.3 Å². The Balaban J connectivity index is 1.55. The zero-order valence-corrected chi connectivity index (χ0v) is 19.5. The van der Waals surface area contributed by atoms with Crippen molar-refractivity contribution in [2.24, 2.45) is 0 Å². The predicted molar refractivity (Wildman–Crippen MR) is 132 cm³/mol. The highest BCUT2D eigenvalue weighted by atomic mass is 35.5. The molecule has 5 rings (SSSR count). The molecule has 1 fully saturated rings. The molecule has 0 amide bonds. The molecular formula is C22H25ClN8S. The number of halogens is 1. The smallest absolute Gasteiger partial charge is 0.182 e. The van der Waals surface area contributed by atoms with E-state index in [-0.39, 0.29) is 6.04 Å². The number of rotatable bonds is 6. The highest BCUT2D eigenvalue weighted by Crippen LogP contribution is 2.39. The van der Waals surface area contributed by atoms with E-state index in [0.29, 0.717) is 22.5 Å². The van der Waals surface area contributed by atoms with Crippen LogP contribution >= 0.6 is 23.5 Å². The van der Waals surface area contributed by atoms with Gasteiger partial charge in [-0.25, -0.2) is 15.0 Å². The van der Waals surface area contributed by atoms with Gasteiger partial charge in [0.15, 0.2) is 11.5 Å². The lowest BCUT2D eigenvalue weighted by molar-refractivity contribution is 0.479. The molecule has 0 saturated carbocycles. The summed E-state index contributed by atoms with van der Waals surface area (Å²) in [7, 11) is 0. The monoisotopic (exact) mass is 468 g/mol. The van der Waals surface area contributed by atoms with Crippen molar-refractivity contribution < 1.29 is 0 Å². The van der Waals surface area contributed by atoms with E-state index in [1.54, 1.807) is 18.3 Å². The second-order valence-electron chi connectivity index (χ2n) is 7.97. The molecule has 1 unspecified atom stereocenters. The minimum absolute atomic E-state index is 0.0580. The molecule has 8 nitrogen and oxygen atoms in total. The van der Waals surface area contributed by atoms with Gasteiger partial charge in [0.05, 0.1) is 28.6 Å². The number of hydrogen-bond donors (Lipinski definition) is 3. The Morgan fingerprint density at radius 3 is 2.88 bits per heavy atom. The van der Waals surface area contributed by atoms with Crippen molar-refractivity contribution in [3.63, 3.8) is 0 Å². The van der Waals surface area contributed by atoms with Crippen molar-refractivity contribution in [3.8, 4) is 0 Å². The van der Waals surface area contributed by atoms with Crippen molar-refractivity contribution in [3.05, 3.63) is 47.6 Å². The van der Waals surface area contributed by atoms with Crippen LogP contribution in [0.3, 0.4) is 0 Å². The van der Waals surface area contributed by atoms with Gasteiger partial charge in [-0.2, -0.15) is 0 Å². The normalized spacial score (nSPS) is 16.0. The molecule has 1 saturated heterocycles. The van der Waals surface area contributed by atoms with E-state index < -0.39 is 0 Å². The number of pyridine rings is 1. The first-order valence-corrected chi connectivity index (χ1v) is 12.3. The molecule has 166 valence electrons. The molecule has 32 heavy (non-hydrogen) atoms. The third kappa shape index (κ3) is 3.96. The molecule has 0 radical (unpaired) electrons. The van der Waals surface area contributed by atoms with Crippen molar-refractivity contribution >= 4 is 57.1 Å². The molecule has 10 heteroatoms. The predicted octanol–water partition coefficient (Wildman–Crippen LogP) is 4.56. The molecule has 0 bridgehead atoms. The fraction of sp³-hybridized carbons (Fsp3) is 0.364. The van der Waals surface area contributed by atoms with Crippen molar-refractivity contribution in [2.45, 2.75) is 31.8 Å². The van der Waals surface area contributed by atoms with E-state index in [9.17, 15) is 0 Å². The summed E-state index contributed by atoms with van der Waals surface area (Å²) in [6.07, 6.45) is 9.24. The second kappa shape index (κ2) is 9.09. The van der Waals surface area contributed by atoms with Gasteiger partial charge in [-0.05, 0) is 44.2 Å². The number of imidazole rings is 1. The van der Waals surface area contributed by atoms with Crippen LogP contribution in [0.2, 0.25) is 5.02 Å². The summed E-state index contributed by atoms with van der Waals surface area (Å²) in [5, 5.41) is 5.21. The third-order valence-electron chi connectivity index (χ3n) is 5.98. The highest BCUT2D eigenvalue weighted by molar-refractivity contribution is 7.96. The van der Waals surface area contributed by atoms with Crippen molar-refractivity contribution in [1.29, 1.82) is 0 Å². The number of benzene rings is 1. The molecular weight excluding hydrogens is 444 g/mol. The number of nitrogens with zero attached hydrogens (tertiary/aromatic N) is 5. The molecule has 1 aliphatic rings. The van der Waals surface area contributed by atoms with Crippen LogP contribution in [0.4, 0.5) is 11.5 Å². The summed E-state index contributed by atoms with van der Waals surface area (Å²) in [6, 6.07) is 6.51. The van der Waals surface area contributed by atoms with E-state index in [0.717, 1.165) is 53.6 Å². The molecule has 3 N–H and O–H groups in total. The Labute approximate surface area is 195 Å². The van der Waals surface area contributed by atoms with Crippen LogP contribution in [0.15, 0.2) is 37.1 Å². The van der Waals surface area contributed by atoms with E-state index in [4.69, 9.17) is 16.6 Å². The number of aromatic amines is 1. The van der Waals surface area contributed by atoms with Gasteiger partial charge in [-0.15, -0.1) is 0 Å². The Hall–Kier alpha value is -2.62. The van der Waals surface area contributed by atoms with Crippen LogP contribution in [0.1, 0.15) is 31.4 Å². The summed E-state index contributed by atoms with van der Waals surface area (Å²) >= 11 is 8.41. The molecule has 1 aliphatic heterocycles. The maximum atomic E-state index is 6.72. The fourth-order valence-electron chi connectivity index (χ4n) is 4.41. The van der Waals surface area contributed by atoms with E-state index in [2.05, 4.69) is 54.1 Å². The first-order chi connectivity index (χ1) is 15.7. The fourth-order valence-corrected chi connectivity index (χ4v) is 5.25. The van der Waals surface area contributed by atoms with Crippen LogP contribution in [-0.2, 0) is 0 Å². The first kappa shape index (κ1) is 21.2.